The number of aliphatic hydroxyl groups is 1. The van der Waals surface area contributed by atoms with Crippen molar-refractivity contribution in [1.29, 1.82) is 0 Å². The van der Waals surface area contributed by atoms with Gasteiger partial charge < -0.3 is 9.84 Å². The Morgan fingerprint density at radius 1 is 0.700 bits per heavy atom. The van der Waals surface area contributed by atoms with Crippen molar-refractivity contribution in [2.24, 2.45) is 0 Å². The summed E-state index contributed by atoms with van der Waals surface area (Å²) < 4.78 is 5.24. The van der Waals surface area contributed by atoms with Crippen LogP contribution in [0.3, 0.4) is 0 Å². The smallest absolute Gasteiger partial charge is 0.142 e. The van der Waals surface area contributed by atoms with Gasteiger partial charge in [0.2, 0.25) is 0 Å². The van der Waals surface area contributed by atoms with Crippen molar-refractivity contribution in [2.45, 2.75) is 39.3 Å². The molecule has 1 atom stereocenters. The van der Waals surface area contributed by atoms with Crippen LogP contribution in [0.4, 0.5) is 0 Å². The quantitative estimate of drug-likeness (QED) is 0.337. The third-order valence-electron chi connectivity index (χ3n) is 5.46. The van der Waals surface area contributed by atoms with E-state index in [4.69, 9.17) is 4.74 Å². The van der Waals surface area contributed by atoms with Crippen LogP contribution < -0.4 is 0 Å². The predicted octanol–water partition coefficient (Wildman–Crippen LogP) is 5.87. The number of hydrogen-bond donors (Lipinski definition) is 1. The van der Waals surface area contributed by atoms with Crippen molar-refractivity contribution in [3.63, 3.8) is 0 Å². The highest BCUT2D eigenvalue weighted by atomic mass is 28.3. The van der Waals surface area contributed by atoms with Gasteiger partial charge in [-0.1, -0.05) is 97.8 Å². The monoisotopic (exact) mass is 534 g/mol. The van der Waals surface area contributed by atoms with E-state index in [0.717, 1.165) is 27.8 Å². The molecule has 3 rings (SSSR count). The van der Waals surface area contributed by atoms with Gasteiger partial charge >= 0.3 is 0 Å². The standard InChI is InChI=1S/C37H30O2Si/c1-30-17-16-26-36(37(38)27-14-15-28-40(3,4)5)35(30)25-13-12-21-32-19-7-6-18-31(32)20-8-9-22-33-23-10-11-24-34(33)29-39-2/h6-7,10-11,16-19,23-24,26,37-38H,29H2,1-5H3. The van der Waals surface area contributed by atoms with Crippen LogP contribution in [-0.4, -0.2) is 20.3 Å². The first-order valence-electron chi connectivity index (χ1n) is 12.8. The Morgan fingerprint density at radius 3 is 1.90 bits per heavy atom. The number of ether oxygens (including phenoxy) is 1. The van der Waals surface area contributed by atoms with Crippen LogP contribution >= 0.6 is 0 Å². The molecule has 40 heavy (non-hydrogen) atoms. The maximum Gasteiger partial charge on any atom is 0.142 e. The van der Waals surface area contributed by atoms with E-state index in [0.29, 0.717) is 17.7 Å². The Labute approximate surface area is 240 Å². The van der Waals surface area contributed by atoms with Crippen LogP contribution in [-0.2, 0) is 11.3 Å². The number of aryl methyl sites for hydroxylation is 1. The van der Waals surface area contributed by atoms with Gasteiger partial charge in [-0.05, 0) is 71.8 Å². The minimum absolute atomic E-state index is 0.501. The van der Waals surface area contributed by atoms with E-state index < -0.39 is 14.2 Å². The molecule has 3 heteroatoms. The molecule has 0 amide bonds. The molecule has 0 saturated carbocycles. The molecule has 1 N–H and O–H groups in total. The zero-order chi connectivity index (χ0) is 28.8. The molecule has 1 unspecified atom stereocenters. The Bertz CT molecular complexity index is 1750. The summed E-state index contributed by atoms with van der Waals surface area (Å²) in [6, 6.07) is 21.2. The first-order valence-corrected chi connectivity index (χ1v) is 16.3. The fourth-order valence-electron chi connectivity index (χ4n) is 3.50. The molecule has 0 heterocycles. The maximum absolute atomic E-state index is 10.7. The summed E-state index contributed by atoms with van der Waals surface area (Å²) in [5, 5.41) is 10.7. The highest BCUT2D eigenvalue weighted by Gasteiger charge is 2.10. The van der Waals surface area contributed by atoms with E-state index in [1.54, 1.807) is 7.11 Å². The van der Waals surface area contributed by atoms with Crippen LogP contribution in [0.5, 0.6) is 0 Å². The largest absolute Gasteiger partial charge is 0.380 e. The first-order chi connectivity index (χ1) is 19.3. The van der Waals surface area contributed by atoms with Crippen LogP contribution in [0, 0.1) is 77.6 Å². The van der Waals surface area contributed by atoms with Gasteiger partial charge in [-0.15, -0.1) is 5.54 Å². The molecule has 0 radical (unpaired) electrons. The van der Waals surface area contributed by atoms with E-state index in [1.807, 2.05) is 73.7 Å². The van der Waals surface area contributed by atoms with Crippen molar-refractivity contribution in [3.05, 3.63) is 106 Å². The molecule has 0 aliphatic heterocycles. The lowest BCUT2D eigenvalue weighted by Gasteiger charge is -2.09. The normalized spacial score (nSPS) is 10.2. The maximum atomic E-state index is 10.7. The number of aliphatic hydroxyl groups excluding tert-OH is 1. The molecule has 194 valence electrons. The van der Waals surface area contributed by atoms with Gasteiger partial charge in [-0.3, -0.25) is 0 Å². The average molecular weight is 535 g/mol. The zero-order valence-corrected chi connectivity index (χ0v) is 24.5. The van der Waals surface area contributed by atoms with Crippen molar-refractivity contribution in [1.82, 2.24) is 0 Å². The van der Waals surface area contributed by atoms with E-state index >= 15 is 0 Å². The number of rotatable bonds is 3. The summed E-state index contributed by atoms with van der Waals surface area (Å²) in [5.74, 6) is 32.6. The minimum Gasteiger partial charge on any atom is -0.380 e. The first kappa shape index (κ1) is 29.7. The summed E-state index contributed by atoms with van der Waals surface area (Å²) in [6.07, 6.45) is -0.980. The predicted molar refractivity (Wildman–Crippen MR) is 166 cm³/mol. The summed E-state index contributed by atoms with van der Waals surface area (Å²) in [7, 11) is 0.150. The average Bonchev–Trinajstić information content (AvgIpc) is 2.93. The van der Waals surface area contributed by atoms with Gasteiger partial charge in [0, 0.05) is 34.9 Å². The minimum atomic E-state index is -1.51. The van der Waals surface area contributed by atoms with Gasteiger partial charge in [0.05, 0.1) is 6.61 Å². The number of methoxy groups -OCH3 is 1. The van der Waals surface area contributed by atoms with E-state index in [1.165, 1.54) is 0 Å². The summed E-state index contributed by atoms with van der Waals surface area (Å²) in [6.45, 7) is 8.90. The molecular weight excluding hydrogens is 504 g/mol. The van der Waals surface area contributed by atoms with Crippen LogP contribution in [0.15, 0.2) is 66.7 Å². The molecule has 0 aromatic heterocycles. The van der Waals surface area contributed by atoms with Gasteiger partial charge in [-0.25, -0.2) is 0 Å². The Balaban J connectivity index is 1.83. The van der Waals surface area contributed by atoms with E-state index in [9.17, 15) is 5.11 Å². The lowest BCUT2D eigenvalue weighted by atomic mass is 9.98. The van der Waals surface area contributed by atoms with Crippen molar-refractivity contribution in [3.8, 4) is 70.7 Å². The van der Waals surface area contributed by atoms with Gasteiger partial charge in [0.15, 0.2) is 0 Å². The topological polar surface area (TPSA) is 29.5 Å². The van der Waals surface area contributed by atoms with Crippen molar-refractivity contribution < 1.29 is 9.84 Å². The van der Waals surface area contributed by atoms with Crippen LogP contribution in [0.25, 0.3) is 0 Å². The fraction of sp³-hybridized carbons (Fsp3) is 0.189. The highest BCUT2D eigenvalue weighted by molar-refractivity contribution is 6.83. The lowest BCUT2D eigenvalue weighted by Crippen LogP contribution is -2.16. The summed E-state index contributed by atoms with van der Waals surface area (Å²) in [4.78, 5) is 0. The van der Waals surface area contributed by atoms with Gasteiger partial charge in [-0.2, -0.15) is 0 Å². The molecule has 0 saturated heterocycles. The highest BCUT2D eigenvalue weighted by Crippen LogP contribution is 2.20. The number of benzene rings is 3. The third kappa shape index (κ3) is 9.47. The molecule has 0 spiro atoms. The molecule has 0 bridgehead atoms. The second-order valence-corrected chi connectivity index (χ2v) is 14.6. The van der Waals surface area contributed by atoms with Gasteiger partial charge in [0.25, 0.3) is 0 Å². The lowest BCUT2D eigenvalue weighted by molar-refractivity contribution is 0.184. The fourth-order valence-corrected chi connectivity index (χ4v) is 3.94. The van der Waals surface area contributed by atoms with E-state index in [-0.39, 0.29) is 0 Å². The second kappa shape index (κ2) is 14.9. The zero-order valence-electron chi connectivity index (χ0n) is 23.5. The SMILES string of the molecule is COCc1ccccc1C#CC#Cc1ccccc1C#CC#Cc1c(C)cccc1C(O)C#CC#C[Si](C)(C)C. The number of hydrogen-bond acceptors (Lipinski definition) is 2. The molecule has 0 fully saturated rings. The Kier molecular flexibility index (Phi) is 11.1. The molecule has 3 aromatic rings. The molecule has 3 aromatic carbocycles. The van der Waals surface area contributed by atoms with Crippen LogP contribution in [0.2, 0.25) is 19.6 Å². The van der Waals surface area contributed by atoms with E-state index in [2.05, 4.69) is 90.3 Å². The third-order valence-corrected chi connectivity index (χ3v) is 6.33. The molecule has 0 aliphatic rings. The van der Waals surface area contributed by atoms with Gasteiger partial charge in [0.1, 0.15) is 14.2 Å². The molecule has 2 nitrogen and oxygen atoms in total. The molecule has 0 aliphatic carbocycles. The van der Waals surface area contributed by atoms with Crippen molar-refractivity contribution in [2.75, 3.05) is 7.11 Å². The summed E-state index contributed by atoms with van der Waals surface area (Å²) in [5.41, 5.74) is 8.95. The Hall–Kier alpha value is -4.84. The molecular formula is C37H30O2Si. The second-order valence-electron chi connectivity index (χ2n) is 9.85. The summed E-state index contributed by atoms with van der Waals surface area (Å²) >= 11 is 0. The van der Waals surface area contributed by atoms with Crippen LogP contribution in [0.1, 0.15) is 45.0 Å². The van der Waals surface area contributed by atoms with Crippen molar-refractivity contribution >= 4 is 8.07 Å². The Morgan fingerprint density at radius 2 is 1.27 bits per heavy atom.